The Kier molecular flexibility index (Phi) is 6.18. The molecule has 0 bridgehead atoms. The highest BCUT2D eigenvalue weighted by molar-refractivity contribution is 7.91. The second-order valence-electron chi connectivity index (χ2n) is 5.15. The van der Waals surface area contributed by atoms with Crippen molar-refractivity contribution >= 4 is 38.0 Å². The number of sulfone groups is 1. The van der Waals surface area contributed by atoms with Gasteiger partial charge in [-0.15, -0.1) is 10.2 Å². The molecule has 0 aliphatic heterocycles. The van der Waals surface area contributed by atoms with E-state index in [4.69, 9.17) is 0 Å². The van der Waals surface area contributed by atoms with E-state index in [1.54, 1.807) is 6.92 Å². The molecule has 0 atom stereocenters. The molecular weight excluding hydrogens is 393 g/mol. The quantitative estimate of drug-likeness (QED) is 0.765. The highest BCUT2D eigenvalue weighted by atomic mass is 32.2. The molecule has 1 heterocycles. The van der Waals surface area contributed by atoms with E-state index in [1.807, 2.05) is 0 Å². The number of nitrogens with zero attached hydrogens (tertiary/aromatic N) is 2. The normalized spacial score (nSPS) is 12.0. The molecule has 0 unspecified atom stereocenters. The van der Waals surface area contributed by atoms with Gasteiger partial charge in [0.2, 0.25) is 5.13 Å². The van der Waals surface area contributed by atoms with Crippen LogP contribution in [-0.2, 0) is 22.4 Å². The highest BCUT2D eigenvalue weighted by Gasteiger charge is 2.30. The number of rotatable bonds is 6. The van der Waals surface area contributed by atoms with Crippen molar-refractivity contribution in [2.24, 2.45) is 0 Å². The summed E-state index contributed by atoms with van der Waals surface area (Å²) in [5, 5.41) is 12.6. The van der Waals surface area contributed by atoms with Crippen LogP contribution in [0.15, 0.2) is 24.3 Å². The van der Waals surface area contributed by atoms with Gasteiger partial charge in [0, 0.05) is 17.9 Å². The number of hydrogen-bond acceptors (Lipinski definition) is 6. The fourth-order valence-electron chi connectivity index (χ4n) is 1.83. The highest BCUT2D eigenvalue weighted by Crippen LogP contribution is 2.30. The number of amides is 2. The second-order valence-corrected chi connectivity index (χ2v) is 8.68. The van der Waals surface area contributed by atoms with Gasteiger partial charge in [-0.05, 0) is 18.2 Å². The van der Waals surface area contributed by atoms with Crippen LogP contribution in [0.3, 0.4) is 0 Å². The number of alkyl halides is 3. The Hall–Kier alpha value is -2.21. The van der Waals surface area contributed by atoms with Crippen molar-refractivity contribution in [2.75, 3.05) is 22.1 Å². The maximum atomic E-state index is 12.6. The maximum Gasteiger partial charge on any atom is 0.416 e. The Morgan fingerprint density at radius 2 is 1.96 bits per heavy atom. The molecule has 1 aromatic heterocycles. The van der Waals surface area contributed by atoms with Crippen LogP contribution in [0.2, 0.25) is 0 Å². The third kappa shape index (κ3) is 5.95. The summed E-state index contributed by atoms with van der Waals surface area (Å²) in [6.45, 7) is 1.54. The van der Waals surface area contributed by atoms with E-state index in [9.17, 15) is 26.4 Å². The van der Waals surface area contributed by atoms with Gasteiger partial charge in [-0.2, -0.15) is 13.2 Å². The topological polar surface area (TPSA) is 101 Å². The smallest absolute Gasteiger partial charge is 0.308 e. The number of hydrogen-bond donors (Lipinski definition) is 2. The maximum absolute atomic E-state index is 12.6. The third-order valence-electron chi connectivity index (χ3n) is 3.20. The van der Waals surface area contributed by atoms with E-state index in [0.29, 0.717) is 5.01 Å². The molecule has 2 amide bonds. The number of anilines is 2. The van der Waals surface area contributed by atoms with E-state index in [0.717, 1.165) is 23.5 Å². The van der Waals surface area contributed by atoms with Gasteiger partial charge in [-0.1, -0.05) is 24.3 Å². The lowest BCUT2D eigenvalue weighted by molar-refractivity contribution is -0.137. The number of nitrogens with one attached hydrogen (secondary N) is 2. The van der Waals surface area contributed by atoms with Gasteiger partial charge >= 0.3 is 12.2 Å². The van der Waals surface area contributed by atoms with Crippen LogP contribution in [0, 0.1) is 0 Å². The van der Waals surface area contributed by atoms with Gasteiger partial charge in [0.05, 0.1) is 11.3 Å². The fourth-order valence-corrected chi connectivity index (χ4v) is 3.48. The van der Waals surface area contributed by atoms with Crippen molar-refractivity contribution in [3.8, 4) is 0 Å². The summed E-state index contributed by atoms with van der Waals surface area (Å²) in [5.74, 6) is -0.0507. The summed E-state index contributed by atoms with van der Waals surface area (Å²) in [6.07, 6.45) is -4.34. The Labute approximate surface area is 151 Å². The Morgan fingerprint density at radius 3 is 2.62 bits per heavy atom. The molecule has 2 N–H and O–H groups in total. The molecule has 2 rings (SSSR count). The Morgan fingerprint density at radius 1 is 1.23 bits per heavy atom. The lowest BCUT2D eigenvalue weighted by Gasteiger charge is -2.09. The van der Waals surface area contributed by atoms with E-state index < -0.39 is 27.6 Å². The number of aryl methyl sites for hydroxylation is 1. The molecule has 1 aromatic carbocycles. The molecule has 142 valence electrons. The van der Waals surface area contributed by atoms with Gasteiger partial charge < -0.3 is 5.32 Å². The van der Waals surface area contributed by atoms with Crippen LogP contribution < -0.4 is 10.6 Å². The minimum Gasteiger partial charge on any atom is -0.308 e. The van der Waals surface area contributed by atoms with Gasteiger partial charge in [-0.25, -0.2) is 13.2 Å². The average molecular weight is 408 g/mol. The van der Waals surface area contributed by atoms with Crippen LogP contribution in [-0.4, -0.2) is 36.2 Å². The first-order valence-corrected chi connectivity index (χ1v) is 10.0. The van der Waals surface area contributed by atoms with Crippen molar-refractivity contribution < 1.29 is 26.4 Å². The van der Waals surface area contributed by atoms with Gasteiger partial charge in [0.15, 0.2) is 0 Å². The molecular formula is C14H15F3N4O3S2. The van der Waals surface area contributed by atoms with E-state index in [2.05, 4.69) is 20.8 Å². The third-order valence-corrected chi connectivity index (χ3v) is 5.81. The van der Waals surface area contributed by atoms with E-state index >= 15 is 0 Å². The lowest BCUT2D eigenvalue weighted by atomic mass is 10.2. The van der Waals surface area contributed by atoms with Crippen molar-refractivity contribution in [1.29, 1.82) is 0 Å². The van der Waals surface area contributed by atoms with Crippen molar-refractivity contribution in [2.45, 2.75) is 19.5 Å². The molecule has 26 heavy (non-hydrogen) atoms. The number of carbonyl (C=O) groups excluding carboxylic acids is 1. The molecule has 7 nitrogen and oxygen atoms in total. The monoisotopic (exact) mass is 408 g/mol. The first-order chi connectivity index (χ1) is 12.1. The zero-order valence-corrected chi connectivity index (χ0v) is 15.1. The van der Waals surface area contributed by atoms with Crippen LogP contribution in [0.25, 0.3) is 0 Å². The summed E-state index contributed by atoms with van der Waals surface area (Å²) in [7, 11) is -3.14. The Balaban J connectivity index is 1.95. The summed E-state index contributed by atoms with van der Waals surface area (Å²) in [6, 6.07) is 3.41. The van der Waals surface area contributed by atoms with E-state index in [-0.39, 0.29) is 28.7 Å². The summed E-state index contributed by atoms with van der Waals surface area (Å²) in [4.78, 5) is 11.9. The number of carbonyl (C=O) groups is 1. The van der Waals surface area contributed by atoms with Crippen molar-refractivity contribution in [3.05, 3.63) is 34.8 Å². The molecule has 0 aliphatic rings. The zero-order chi connectivity index (χ0) is 19.4. The van der Waals surface area contributed by atoms with Crippen LogP contribution >= 0.6 is 11.3 Å². The number of aromatic nitrogens is 2. The van der Waals surface area contributed by atoms with Crippen LogP contribution in [0.1, 0.15) is 17.5 Å². The lowest BCUT2D eigenvalue weighted by Crippen LogP contribution is -2.19. The second kappa shape index (κ2) is 7.99. The number of halogens is 3. The van der Waals surface area contributed by atoms with Crippen molar-refractivity contribution in [1.82, 2.24) is 10.2 Å². The van der Waals surface area contributed by atoms with Crippen LogP contribution in [0.4, 0.5) is 28.8 Å². The molecule has 0 radical (unpaired) electrons. The molecule has 12 heteroatoms. The van der Waals surface area contributed by atoms with Crippen molar-refractivity contribution in [3.63, 3.8) is 0 Å². The molecule has 0 fully saturated rings. The first-order valence-electron chi connectivity index (χ1n) is 7.37. The SMILES string of the molecule is CCS(=O)(=O)CCc1nnc(NC(=O)Nc2cccc(C(F)(F)F)c2)s1. The van der Waals surface area contributed by atoms with Gasteiger partial charge in [0.1, 0.15) is 14.8 Å². The summed E-state index contributed by atoms with van der Waals surface area (Å²) >= 11 is 0.992. The predicted molar refractivity (Wildman–Crippen MR) is 92.0 cm³/mol. The average Bonchev–Trinajstić information content (AvgIpc) is 3.00. The molecule has 0 aliphatic carbocycles. The number of benzene rings is 1. The summed E-state index contributed by atoms with van der Waals surface area (Å²) < 4.78 is 60.9. The van der Waals surface area contributed by atoms with Gasteiger partial charge in [0.25, 0.3) is 0 Å². The molecule has 0 spiro atoms. The molecule has 0 saturated heterocycles. The largest absolute Gasteiger partial charge is 0.416 e. The standard InChI is InChI=1S/C14H15F3N4O3S2/c1-2-26(23,24)7-6-11-20-21-13(25-11)19-12(22)18-10-5-3-4-9(8-10)14(15,16)17/h3-5,8H,2,6-7H2,1H3,(H2,18,19,21,22). The fraction of sp³-hybridized carbons (Fsp3) is 0.357. The molecule has 2 aromatic rings. The van der Waals surface area contributed by atoms with Gasteiger partial charge in [-0.3, -0.25) is 5.32 Å². The van der Waals surface area contributed by atoms with Crippen LogP contribution in [0.5, 0.6) is 0 Å². The molecule has 0 saturated carbocycles. The minimum atomic E-state index is -4.51. The minimum absolute atomic E-state index is 0.0241. The first kappa shape index (κ1) is 20.1. The zero-order valence-electron chi connectivity index (χ0n) is 13.5. The number of urea groups is 1. The Bertz CT molecular complexity index is 882. The predicted octanol–water partition coefficient (Wildman–Crippen LogP) is 3.18. The van der Waals surface area contributed by atoms with E-state index in [1.165, 1.54) is 12.1 Å². The summed E-state index contributed by atoms with van der Waals surface area (Å²) in [5.41, 5.74) is -0.915.